The molecule has 0 saturated heterocycles. The molecule has 0 aromatic heterocycles. The van der Waals surface area contributed by atoms with Gasteiger partial charge in [0.1, 0.15) is 36.2 Å². The summed E-state index contributed by atoms with van der Waals surface area (Å²) in [5, 5.41) is 12.9. The van der Waals surface area contributed by atoms with Crippen LogP contribution in [0.25, 0.3) is 10.8 Å². The lowest BCUT2D eigenvalue weighted by molar-refractivity contribution is 0.159. The Bertz CT molecular complexity index is 1340. The topological polar surface area (TPSA) is 57.2 Å². The molecular formula is C36H44O5. The maximum absolute atomic E-state index is 11.4. The summed E-state index contributed by atoms with van der Waals surface area (Å²) in [5.41, 5.74) is 2.83. The van der Waals surface area contributed by atoms with E-state index in [4.69, 9.17) is 18.9 Å². The highest BCUT2D eigenvalue weighted by atomic mass is 16.5. The molecule has 1 unspecified atom stereocenters. The van der Waals surface area contributed by atoms with Gasteiger partial charge in [0.25, 0.3) is 0 Å². The standard InChI is InChI=1S/C36H44O5/c1-4-5-6-7-8-9-16-21-30(37)29-24-33(38-2)34-31(40-25-27-17-12-10-13-18-27)22-23-32(35(34)36(29)39-3)41-26-28-19-14-11-15-20-28/h10-15,17-20,22-24,30,37H,4-9,16,21,25-26H2,1-3H3. The number of unbranched alkanes of at least 4 members (excludes halogenated alkanes) is 6. The first-order valence-electron chi connectivity index (χ1n) is 14.9. The fourth-order valence-corrected chi connectivity index (χ4v) is 5.25. The molecule has 0 saturated carbocycles. The minimum absolute atomic E-state index is 0.399. The maximum atomic E-state index is 11.4. The number of ether oxygens (including phenoxy) is 4. The number of methoxy groups -OCH3 is 2. The van der Waals surface area contributed by atoms with Crippen molar-refractivity contribution in [2.45, 2.75) is 77.6 Å². The van der Waals surface area contributed by atoms with Crippen LogP contribution in [0, 0.1) is 0 Å². The van der Waals surface area contributed by atoms with E-state index in [1.165, 1.54) is 32.1 Å². The van der Waals surface area contributed by atoms with Crippen LogP contribution < -0.4 is 18.9 Å². The minimum Gasteiger partial charge on any atom is -0.496 e. The molecule has 1 atom stereocenters. The highest BCUT2D eigenvalue weighted by molar-refractivity contribution is 6.03. The lowest BCUT2D eigenvalue weighted by Crippen LogP contribution is -2.05. The van der Waals surface area contributed by atoms with Gasteiger partial charge in [0.2, 0.25) is 0 Å². The van der Waals surface area contributed by atoms with Gasteiger partial charge in [-0.3, -0.25) is 0 Å². The van der Waals surface area contributed by atoms with E-state index < -0.39 is 6.10 Å². The molecule has 0 aliphatic heterocycles. The zero-order valence-corrected chi connectivity index (χ0v) is 24.7. The molecule has 5 heteroatoms. The van der Waals surface area contributed by atoms with E-state index in [0.29, 0.717) is 48.2 Å². The van der Waals surface area contributed by atoms with Crippen LogP contribution in [-0.4, -0.2) is 19.3 Å². The Morgan fingerprint density at radius 1 is 0.610 bits per heavy atom. The van der Waals surface area contributed by atoms with E-state index >= 15 is 0 Å². The van der Waals surface area contributed by atoms with E-state index in [2.05, 4.69) is 6.92 Å². The fourth-order valence-electron chi connectivity index (χ4n) is 5.25. The predicted molar refractivity (Wildman–Crippen MR) is 166 cm³/mol. The molecule has 0 heterocycles. The van der Waals surface area contributed by atoms with Crippen molar-refractivity contribution in [3.05, 3.63) is 95.6 Å². The summed E-state index contributed by atoms with van der Waals surface area (Å²) in [6, 6.07) is 25.9. The highest BCUT2D eigenvalue weighted by Crippen LogP contribution is 2.48. The van der Waals surface area contributed by atoms with Gasteiger partial charge in [0, 0.05) is 5.56 Å². The number of hydrogen-bond acceptors (Lipinski definition) is 5. The number of aliphatic hydroxyl groups is 1. The third-order valence-electron chi connectivity index (χ3n) is 7.49. The molecular weight excluding hydrogens is 512 g/mol. The minimum atomic E-state index is -0.685. The van der Waals surface area contributed by atoms with Gasteiger partial charge in [-0.05, 0) is 35.7 Å². The highest BCUT2D eigenvalue weighted by Gasteiger charge is 2.25. The Morgan fingerprint density at radius 3 is 1.68 bits per heavy atom. The maximum Gasteiger partial charge on any atom is 0.136 e. The second-order valence-corrected chi connectivity index (χ2v) is 10.5. The third kappa shape index (κ3) is 8.17. The molecule has 41 heavy (non-hydrogen) atoms. The smallest absolute Gasteiger partial charge is 0.136 e. The van der Waals surface area contributed by atoms with Crippen LogP contribution in [0.15, 0.2) is 78.9 Å². The zero-order chi connectivity index (χ0) is 28.9. The normalized spacial score (nSPS) is 11.8. The Balaban J connectivity index is 1.68. The van der Waals surface area contributed by atoms with Crippen molar-refractivity contribution in [1.29, 1.82) is 0 Å². The van der Waals surface area contributed by atoms with Crippen molar-refractivity contribution in [1.82, 2.24) is 0 Å². The third-order valence-corrected chi connectivity index (χ3v) is 7.49. The van der Waals surface area contributed by atoms with Crippen molar-refractivity contribution in [3.63, 3.8) is 0 Å². The molecule has 0 bridgehead atoms. The Hall–Kier alpha value is -3.70. The van der Waals surface area contributed by atoms with Crippen LogP contribution in [0.4, 0.5) is 0 Å². The van der Waals surface area contributed by atoms with Gasteiger partial charge in [0.15, 0.2) is 0 Å². The van der Waals surface area contributed by atoms with Crippen molar-refractivity contribution >= 4 is 10.8 Å². The SMILES string of the molecule is CCCCCCCCCC(O)c1cc(OC)c2c(OCc3ccccc3)ccc(OCc3ccccc3)c2c1OC. The van der Waals surface area contributed by atoms with E-state index in [1.54, 1.807) is 14.2 Å². The van der Waals surface area contributed by atoms with Crippen LogP contribution in [0.3, 0.4) is 0 Å². The van der Waals surface area contributed by atoms with Gasteiger partial charge >= 0.3 is 0 Å². The molecule has 218 valence electrons. The number of aliphatic hydroxyl groups excluding tert-OH is 1. The molecule has 0 amide bonds. The lowest BCUT2D eigenvalue weighted by atomic mass is 9.96. The summed E-state index contributed by atoms with van der Waals surface area (Å²) in [6.45, 7) is 3.04. The van der Waals surface area contributed by atoms with Gasteiger partial charge in [-0.2, -0.15) is 0 Å². The van der Waals surface area contributed by atoms with Crippen LogP contribution in [0.5, 0.6) is 23.0 Å². The average Bonchev–Trinajstić information content (AvgIpc) is 3.02. The molecule has 0 aliphatic rings. The van der Waals surface area contributed by atoms with Gasteiger partial charge in [0.05, 0.1) is 31.1 Å². The van der Waals surface area contributed by atoms with Crippen molar-refractivity contribution in [2.75, 3.05) is 14.2 Å². The molecule has 0 spiro atoms. The van der Waals surface area contributed by atoms with Gasteiger partial charge in [-0.15, -0.1) is 0 Å². The molecule has 4 aromatic rings. The monoisotopic (exact) mass is 556 g/mol. The molecule has 0 fully saturated rings. The van der Waals surface area contributed by atoms with Crippen LogP contribution in [-0.2, 0) is 13.2 Å². The fraction of sp³-hybridized carbons (Fsp3) is 0.389. The van der Waals surface area contributed by atoms with Crippen LogP contribution in [0.1, 0.15) is 81.1 Å². The molecule has 0 aliphatic carbocycles. The summed E-state index contributed by atoms with van der Waals surface area (Å²) in [6.07, 6.45) is 8.31. The predicted octanol–water partition coefficient (Wildman–Crippen LogP) is 9.19. The second-order valence-electron chi connectivity index (χ2n) is 10.5. The van der Waals surface area contributed by atoms with Gasteiger partial charge in [-0.25, -0.2) is 0 Å². The first-order chi connectivity index (χ1) is 20.2. The summed E-state index contributed by atoms with van der Waals surface area (Å²) in [5.74, 6) is 2.52. The number of fused-ring (bicyclic) bond motifs is 1. The first kappa shape index (κ1) is 30.3. The summed E-state index contributed by atoms with van der Waals surface area (Å²) in [7, 11) is 3.29. The largest absolute Gasteiger partial charge is 0.496 e. The van der Waals surface area contributed by atoms with Gasteiger partial charge in [-0.1, -0.05) is 113 Å². The number of benzene rings is 4. The summed E-state index contributed by atoms with van der Waals surface area (Å²) in [4.78, 5) is 0. The first-order valence-corrected chi connectivity index (χ1v) is 14.9. The van der Waals surface area contributed by atoms with E-state index in [-0.39, 0.29) is 0 Å². The Kier molecular flexibility index (Phi) is 11.8. The molecule has 0 radical (unpaired) electrons. The summed E-state index contributed by atoms with van der Waals surface area (Å²) < 4.78 is 24.6. The molecule has 5 nitrogen and oxygen atoms in total. The zero-order valence-electron chi connectivity index (χ0n) is 24.7. The van der Waals surface area contributed by atoms with Crippen molar-refractivity contribution in [2.24, 2.45) is 0 Å². The number of rotatable bonds is 17. The lowest BCUT2D eigenvalue weighted by Gasteiger charge is -2.22. The van der Waals surface area contributed by atoms with E-state index in [0.717, 1.165) is 34.7 Å². The Morgan fingerprint density at radius 2 is 1.15 bits per heavy atom. The molecule has 1 N–H and O–H groups in total. The van der Waals surface area contributed by atoms with Crippen LogP contribution >= 0.6 is 0 Å². The van der Waals surface area contributed by atoms with Crippen molar-refractivity contribution in [3.8, 4) is 23.0 Å². The van der Waals surface area contributed by atoms with Crippen molar-refractivity contribution < 1.29 is 24.1 Å². The second kappa shape index (κ2) is 15.9. The van der Waals surface area contributed by atoms with E-state index in [1.807, 2.05) is 78.9 Å². The number of hydrogen-bond donors (Lipinski definition) is 1. The molecule has 4 aromatic carbocycles. The Labute approximate surface area is 245 Å². The average molecular weight is 557 g/mol. The van der Waals surface area contributed by atoms with Crippen LogP contribution in [0.2, 0.25) is 0 Å². The van der Waals surface area contributed by atoms with E-state index in [9.17, 15) is 5.11 Å². The summed E-state index contributed by atoms with van der Waals surface area (Å²) >= 11 is 0. The molecule has 4 rings (SSSR count). The quantitative estimate of drug-likeness (QED) is 0.131. The van der Waals surface area contributed by atoms with Gasteiger partial charge < -0.3 is 24.1 Å².